The monoisotopic (exact) mass is 758 g/mol. The third-order valence-corrected chi connectivity index (χ3v) is 9.87. The number of hydrogen-bond donors (Lipinski definition) is 0. The van der Waals surface area contributed by atoms with Crippen LogP contribution in [0.4, 0.5) is 13.2 Å². The fourth-order valence-corrected chi connectivity index (χ4v) is 7.03. The molecule has 7 rings (SSSR count). The molecule has 2 fully saturated rings. The van der Waals surface area contributed by atoms with E-state index in [1.54, 1.807) is 24.3 Å². The number of rotatable bonds is 15. The molecule has 0 unspecified atom stereocenters. The zero-order valence-corrected chi connectivity index (χ0v) is 29.9. The average Bonchev–Trinajstić information content (AvgIpc) is 3.55. The summed E-state index contributed by atoms with van der Waals surface area (Å²) in [5.74, 6) is -1.53. The Labute approximate surface area is 316 Å². The first-order chi connectivity index (χ1) is 26.2. The van der Waals surface area contributed by atoms with Crippen molar-refractivity contribution in [2.45, 2.75) is 62.1 Å². The number of carbonyl (C=O) groups is 1. The second kappa shape index (κ2) is 16.4. The topological polar surface area (TPSA) is 72.5 Å². The molecule has 0 aliphatic carbocycles. The molecule has 0 amide bonds. The summed E-state index contributed by atoms with van der Waals surface area (Å²) in [5.41, 5.74) is 3.17. The highest BCUT2D eigenvalue weighted by atomic mass is 35.5. The molecule has 2 aliphatic rings. The minimum atomic E-state index is -4.45. The molecule has 0 spiro atoms. The van der Waals surface area contributed by atoms with Gasteiger partial charge in [-0.05, 0) is 58.5 Å². The van der Waals surface area contributed by atoms with Gasteiger partial charge in [-0.1, -0.05) is 121 Å². The largest absolute Gasteiger partial charge is 0.484 e. The maximum absolute atomic E-state index is 13.3. The second-order valence-electron chi connectivity index (χ2n) is 13.4. The van der Waals surface area contributed by atoms with Gasteiger partial charge in [0.2, 0.25) is 5.79 Å². The van der Waals surface area contributed by atoms with E-state index >= 15 is 0 Å². The van der Waals surface area contributed by atoms with Crippen molar-refractivity contribution in [1.82, 2.24) is 0 Å². The number of halogens is 4. The Morgan fingerprint density at radius 2 is 1.26 bits per heavy atom. The number of carbonyl (C=O) groups excluding carboxylic acids is 1. The zero-order chi connectivity index (χ0) is 37.6. The van der Waals surface area contributed by atoms with E-state index in [9.17, 15) is 18.0 Å². The Hall–Kier alpha value is -4.55. The zero-order valence-electron chi connectivity index (χ0n) is 29.1. The lowest BCUT2D eigenvalue weighted by Crippen LogP contribution is -2.67. The van der Waals surface area contributed by atoms with E-state index in [4.69, 9.17) is 40.0 Å². The van der Waals surface area contributed by atoms with Crippen molar-refractivity contribution < 1.29 is 46.4 Å². The van der Waals surface area contributed by atoms with Crippen molar-refractivity contribution >= 4 is 17.9 Å². The van der Waals surface area contributed by atoms with Gasteiger partial charge in [-0.3, -0.25) is 4.79 Å². The number of fused-ring (bicyclic) bond motifs is 2. The molecule has 5 aromatic rings. The molecular formula is C43H38ClF3O7. The summed E-state index contributed by atoms with van der Waals surface area (Å²) in [5, 5.41) is 0.450. The molecule has 0 aromatic heterocycles. The average molecular weight is 759 g/mol. The van der Waals surface area contributed by atoms with Gasteiger partial charge in [0.15, 0.2) is 18.5 Å². The Morgan fingerprint density at radius 3 is 1.81 bits per heavy atom. The smallest absolute Gasteiger partial charge is 0.422 e. The van der Waals surface area contributed by atoms with Crippen LogP contribution in [0.1, 0.15) is 33.4 Å². The molecule has 2 aliphatic heterocycles. The van der Waals surface area contributed by atoms with Gasteiger partial charge < -0.3 is 28.4 Å². The SMILES string of the molecule is O=C[C@@]12CO[C@@](c3ccc(Cl)c(Cc4ccc(OCC(F)(F)F)cc4)c3)(O1)[C@H](OCc1ccccc1)[C@@H](OCc1ccccc1)[C@@H]2OCc1ccccc1. The molecule has 2 saturated heterocycles. The Balaban J connectivity index is 1.25. The summed E-state index contributed by atoms with van der Waals surface area (Å²) >= 11 is 6.75. The summed E-state index contributed by atoms with van der Waals surface area (Å²) in [6.07, 6.45) is -6.12. The Bertz CT molecular complexity index is 1980. The molecule has 5 aromatic carbocycles. The van der Waals surface area contributed by atoms with Crippen LogP contribution < -0.4 is 4.74 Å². The van der Waals surface area contributed by atoms with Crippen LogP contribution in [0, 0.1) is 0 Å². The van der Waals surface area contributed by atoms with Crippen LogP contribution in [0.15, 0.2) is 133 Å². The van der Waals surface area contributed by atoms with Gasteiger partial charge in [0.1, 0.15) is 24.1 Å². The Kier molecular flexibility index (Phi) is 11.5. The summed E-state index contributed by atoms with van der Waals surface area (Å²) in [4.78, 5) is 13.3. The molecule has 5 atom stereocenters. The predicted octanol–water partition coefficient (Wildman–Crippen LogP) is 8.78. The standard InChI is InChI=1S/C43H38ClF3O7/c44-37-21-18-35(23-34(37)22-30-16-19-36(20-17-30)52-29-42(45,46)47)43-40(51-26-33-14-8-3-9-15-33)38(49-24-31-10-4-1-5-11-31)39(41(27-48,54-43)28-53-43)50-25-32-12-6-2-7-13-32/h1-21,23,27,38-40H,22,24-26,28-29H2/t38-,39-,40+,41-,43-/m0/s1. The van der Waals surface area contributed by atoms with E-state index in [-0.39, 0.29) is 32.2 Å². The van der Waals surface area contributed by atoms with E-state index in [0.717, 1.165) is 28.5 Å². The van der Waals surface area contributed by atoms with Gasteiger partial charge in [-0.25, -0.2) is 0 Å². The van der Waals surface area contributed by atoms with Crippen molar-refractivity contribution in [2.24, 2.45) is 0 Å². The summed E-state index contributed by atoms with van der Waals surface area (Å²) in [6, 6.07) is 40.6. The first-order valence-electron chi connectivity index (χ1n) is 17.5. The minimum Gasteiger partial charge on any atom is -0.484 e. The molecule has 0 saturated carbocycles. The maximum Gasteiger partial charge on any atom is 0.422 e. The van der Waals surface area contributed by atoms with E-state index in [1.165, 1.54) is 12.1 Å². The van der Waals surface area contributed by atoms with Crippen molar-refractivity contribution in [3.05, 3.63) is 172 Å². The quantitative estimate of drug-likeness (QED) is 0.0989. The predicted molar refractivity (Wildman–Crippen MR) is 195 cm³/mol. The highest BCUT2D eigenvalue weighted by Crippen LogP contribution is 2.52. The van der Waals surface area contributed by atoms with Crippen LogP contribution in [-0.4, -0.2) is 49.6 Å². The summed E-state index contributed by atoms with van der Waals surface area (Å²) < 4.78 is 76.5. The van der Waals surface area contributed by atoms with Crippen LogP contribution in [0.3, 0.4) is 0 Å². The van der Waals surface area contributed by atoms with Gasteiger partial charge in [0, 0.05) is 10.6 Å². The first kappa shape index (κ1) is 37.8. The lowest BCUT2D eigenvalue weighted by molar-refractivity contribution is -0.341. The van der Waals surface area contributed by atoms with Crippen LogP contribution in [-0.2, 0) is 60.5 Å². The molecule has 0 radical (unpaired) electrons. The van der Waals surface area contributed by atoms with Crippen molar-refractivity contribution in [2.75, 3.05) is 13.2 Å². The van der Waals surface area contributed by atoms with Crippen molar-refractivity contribution in [3.63, 3.8) is 0 Å². The lowest BCUT2D eigenvalue weighted by Gasteiger charge is -2.49. The van der Waals surface area contributed by atoms with Gasteiger partial charge in [-0.2, -0.15) is 13.2 Å². The molecule has 11 heteroatoms. The number of ether oxygens (including phenoxy) is 6. The Morgan fingerprint density at radius 1 is 0.704 bits per heavy atom. The fourth-order valence-electron chi connectivity index (χ4n) is 6.84. The number of hydrogen-bond acceptors (Lipinski definition) is 7. The molecule has 54 heavy (non-hydrogen) atoms. The van der Waals surface area contributed by atoms with Gasteiger partial charge >= 0.3 is 6.18 Å². The summed E-state index contributed by atoms with van der Waals surface area (Å²) in [6.45, 7) is -0.968. The molecule has 0 N–H and O–H groups in total. The van der Waals surface area contributed by atoms with E-state index < -0.39 is 42.5 Å². The van der Waals surface area contributed by atoms with Gasteiger partial charge in [0.25, 0.3) is 0 Å². The van der Waals surface area contributed by atoms with Crippen molar-refractivity contribution in [3.8, 4) is 5.75 Å². The van der Waals surface area contributed by atoms with Crippen LogP contribution in [0.25, 0.3) is 0 Å². The van der Waals surface area contributed by atoms with Crippen LogP contribution in [0.5, 0.6) is 5.75 Å². The van der Waals surface area contributed by atoms with Crippen molar-refractivity contribution in [1.29, 1.82) is 0 Å². The molecule has 7 nitrogen and oxygen atoms in total. The van der Waals surface area contributed by atoms with E-state index in [1.807, 2.05) is 97.1 Å². The normalized spacial score (nSPS) is 23.6. The number of aldehydes is 1. The molecule has 2 heterocycles. The summed E-state index contributed by atoms with van der Waals surface area (Å²) in [7, 11) is 0. The number of benzene rings is 5. The van der Waals surface area contributed by atoms with Crippen LogP contribution >= 0.6 is 11.6 Å². The minimum absolute atomic E-state index is 0.0963. The molecular weight excluding hydrogens is 721 g/mol. The van der Waals surface area contributed by atoms with Gasteiger partial charge in [0.05, 0.1) is 26.4 Å². The number of alkyl halides is 3. The molecule has 280 valence electrons. The van der Waals surface area contributed by atoms with Gasteiger partial charge in [-0.15, -0.1) is 0 Å². The van der Waals surface area contributed by atoms with Crippen LogP contribution in [0.2, 0.25) is 5.02 Å². The second-order valence-corrected chi connectivity index (χ2v) is 13.8. The molecule has 2 bridgehead atoms. The highest BCUT2D eigenvalue weighted by molar-refractivity contribution is 6.31. The fraction of sp³-hybridized carbons (Fsp3) is 0.279. The van der Waals surface area contributed by atoms with E-state index in [0.29, 0.717) is 22.6 Å². The highest BCUT2D eigenvalue weighted by Gasteiger charge is 2.69. The van der Waals surface area contributed by atoms with E-state index in [2.05, 4.69) is 0 Å². The lowest BCUT2D eigenvalue weighted by atomic mass is 9.83. The maximum atomic E-state index is 13.3. The third-order valence-electron chi connectivity index (χ3n) is 9.50. The third kappa shape index (κ3) is 8.55. The first-order valence-corrected chi connectivity index (χ1v) is 17.9.